The van der Waals surface area contributed by atoms with Gasteiger partial charge >= 0.3 is 148 Å². The molecule has 0 saturated carbocycles. The second-order valence-electron chi connectivity index (χ2n) is 8.40. The summed E-state index contributed by atoms with van der Waals surface area (Å²) in [4.78, 5) is 25.0. The SMILES string of the molecule is CCC[CH2][Sn]([CH2]CCC)([O]C(=O)C(C)(C)C)[O]C(=O)C(C)(C)C. The Morgan fingerprint density at radius 2 is 1.04 bits per heavy atom. The van der Waals surface area contributed by atoms with E-state index in [-0.39, 0.29) is 11.9 Å². The maximum absolute atomic E-state index is 12.5. The molecule has 0 bridgehead atoms. The van der Waals surface area contributed by atoms with E-state index in [1.165, 1.54) is 0 Å². The Hall–Kier alpha value is -0.261. The summed E-state index contributed by atoms with van der Waals surface area (Å²) in [7, 11) is 0. The monoisotopic (exact) mass is 436 g/mol. The molecule has 0 aromatic rings. The summed E-state index contributed by atoms with van der Waals surface area (Å²) in [6.45, 7) is 15.3. The van der Waals surface area contributed by atoms with E-state index in [9.17, 15) is 9.59 Å². The Morgan fingerprint density at radius 3 is 1.26 bits per heavy atom. The predicted octanol–water partition coefficient (Wildman–Crippen LogP) is 5.21. The molecule has 23 heavy (non-hydrogen) atoms. The van der Waals surface area contributed by atoms with Crippen molar-refractivity contribution in [3.8, 4) is 0 Å². The summed E-state index contributed by atoms with van der Waals surface area (Å²) in [5.74, 6) is -0.468. The molecule has 0 heterocycles. The van der Waals surface area contributed by atoms with Gasteiger partial charge in [-0.2, -0.15) is 0 Å². The predicted molar refractivity (Wildman–Crippen MR) is 96.3 cm³/mol. The molecule has 0 spiro atoms. The molecule has 0 aliphatic heterocycles. The molecule has 0 aliphatic rings. The molecule has 0 rings (SSSR count). The molecular formula is C18H36O4Sn. The van der Waals surface area contributed by atoms with Crippen molar-refractivity contribution >= 4 is 31.1 Å². The molecule has 0 aromatic heterocycles. The van der Waals surface area contributed by atoms with Gasteiger partial charge in [-0.25, -0.2) is 0 Å². The Kier molecular flexibility index (Phi) is 9.18. The van der Waals surface area contributed by atoms with Crippen molar-refractivity contribution in [3.63, 3.8) is 0 Å². The third-order valence-electron chi connectivity index (χ3n) is 3.60. The van der Waals surface area contributed by atoms with Crippen molar-refractivity contribution in [1.82, 2.24) is 0 Å². The van der Waals surface area contributed by atoms with Crippen LogP contribution in [0.25, 0.3) is 0 Å². The Balaban J connectivity index is 5.47. The summed E-state index contributed by atoms with van der Waals surface area (Å²) in [5, 5.41) is 0. The van der Waals surface area contributed by atoms with Gasteiger partial charge in [0.25, 0.3) is 0 Å². The van der Waals surface area contributed by atoms with Crippen LogP contribution in [-0.2, 0) is 15.7 Å². The zero-order valence-electron chi connectivity index (χ0n) is 16.4. The van der Waals surface area contributed by atoms with Crippen molar-refractivity contribution in [1.29, 1.82) is 0 Å². The molecule has 5 heteroatoms. The van der Waals surface area contributed by atoms with Gasteiger partial charge in [-0.15, -0.1) is 0 Å². The van der Waals surface area contributed by atoms with Crippen LogP contribution in [0.4, 0.5) is 0 Å². The first-order chi connectivity index (χ1) is 10.4. The zero-order chi connectivity index (χ0) is 18.3. The second kappa shape index (κ2) is 9.28. The standard InChI is InChI=1S/2C5H10O2.2C4H9.Sn/c2*1-5(2,3)4(6)7;2*1-3-4-2;/h2*1-3H3,(H,6,7);2*1,3-4H2,2H3;/q;;;;+2/p-2. The van der Waals surface area contributed by atoms with Crippen molar-refractivity contribution in [2.24, 2.45) is 10.8 Å². The molecule has 0 aromatic carbocycles. The molecule has 0 unspecified atom stereocenters. The molecule has 0 aliphatic carbocycles. The van der Waals surface area contributed by atoms with Gasteiger partial charge in [0.2, 0.25) is 0 Å². The van der Waals surface area contributed by atoms with Gasteiger partial charge in [-0.1, -0.05) is 0 Å². The fourth-order valence-corrected chi connectivity index (χ4v) is 12.7. The van der Waals surface area contributed by atoms with E-state index >= 15 is 0 Å². The van der Waals surface area contributed by atoms with E-state index in [0.717, 1.165) is 34.6 Å². The average Bonchev–Trinajstić information content (AvgIpc) is 2.40. The van der Waals surface area contributed by atoms with Gasteiger partial charge in [-0.05, 0) is 0 Å². The van der Waals surface area contributed by atoms with Gasteiger partial charge in [0, 0.05) is 0 Å². The first-order valence-electron chi connectivity index (χ1n) is 8.85. The Labute approximate surface area is 147 Å². The zero-order valence-corrected chi connectivity index (χ0v) is 19.2. The van der Waals surface area contributed by atoms with Crippen LogP contribution >= 0.6 is 0 Å². The first kappa shape index (κ1) is 22.7. The summed E-state index contributed by atoms with van der Waals surface area (Å²) < 4.78 is 13.5. The Bertz CT molecular complexity index is 353. The second-order valence-corrected chi connectivity index (χ2v) is 17.6. The fourth-order valence-electron chi connectivity index (χ4n) is 1.89. The van der Waals surface area contributed by atoms with Gasteiger partial charge in [0.05, 0.1) is 0 Å². The third kappa shape index (κ3) is 8.41. The Morgan fingerprint density at radius 1 is 0.739 bits per heavy atom. The van der Waals surface area contributed by atoms with Crippen LogP contribution in [-0.4, -0.2) is 31.1 Å². The first-order valence-corrected chi connectivity index (χ1v) is 15.2. The maximum atomic E-state index is 12.5. The van der Waals surface area contributed by atoms with Crippen LogP contribution in [0.3, 0.4) is 0 Å². The summed E-state index contributed by atoms with van der Waals surface area (Å²) in [6.07, 6.45) is 3.89. The number of unbranched alkanes of at least 4 members (excludes halogenated alkanes) is 2. The number of carbonyl (C=O) groups excluding carboxylic acids is 2. The molecule has 0 radical (unpaired) electrons. The molecule has 0 amide bonds. The topological polar surface area (TPSA) is 52.6 Å². The summed E-state index contributed by atoms with van der Waals surface area (Å²) >= 11 is -3.78. The number of hydrogen-bond acceptors (Lipinski definition) is 4. The average molecular weight is 435 g/mol. The van der Waals surface area contributed by atoms with Crippen molar-refractivity contribution in [2.75, 3.05) is 0 Å². The number of hydrogen-bond donors (Lipinski definition) is 0. The number of rotatable bonds is 8. The molecule has 0 N–H and O–H groups in total. The minimum absolute atomic E-state index is 0.234. The van der Waals surface area contributed by atoms with E-state index in [0.29, 0.717) is 0 Å². The van der Waals surface area contributed by atoms with Crippen LogP contribution in [0.5, 0.6) is 0 Å². The number of carbonyl (C=O) groups is 2. The fraction of sp³-hybridized carbons (Fsp3) is 0.889. The van der Waals surface area contributed by atoms with E-state index in [1.54, 1.807) is 0 Å². The van der Waals surface area contributed by atoms with Gasteiger partial charge < -0.3 is 0 Å². The molecule has 136 valence electrons. The van der Waals surface area contributed by atoms with Gasteiger partial charge in [0.1, 0.15) is 0 Å². The summed E-state index contributed by atoms with van der Waals surface area (Å²) in [5.41, 5.74) is -1.15. The molecule has 0 atom stereocenters. The molecule has 0 saturated heterocycles. The minimum atomic E-state index is -3.78. The van der Waals surface area contributed by atoms with E-state index < -0.39 is 30.0 Å². The van der Waals surface area contributed by atoms with Crippen molar-refractivity contribution in [2.45, 2.75) is 89.9 Å². The third-order valence-corrected chi connectivity index (χ3v) is 13.2. The van der Waals surface area contributed by atoms with E-state index in [4.69, 9.17) is 6.15 Å². The van der Waals surface area contributed by atoms with Crippen LogP contribution in [0.15, 0.2) is 0 Å². The van der Waals surface area contributed by atoms with Crippen LogP contribution in [0, 0.1) is 10.8 Å². The van der Waals surface area contributed by atoms with Crippen LogP contribution in [0.1, 0.15) is 81.1 Å². The van der Waals surface area contributed by atoms with Gasteiger partial charge in [0.15, 0.2) is 0 Å². The van der Waals surface area contributed by atoms with Crippen molar-refractivity contribution < 1.29 is 15.7 Å². The molecular weight excluding hydrogens is 399 g/mol. The van der Waals surface area contributed by atoms with Crippen LogP contribution in [0.2, 0.25) is 8.87 Å². The molecule has 0 fully saturated rings. The van der Waals surface area contributed by atoms with E-state index in [2.05, 4.69) is 13.8 Å². The molecule has 4 nitrogen and oxygen atoms in total. The summed E-state index contributed by atoms with van der Waals surface area (Å²) in [6, 6.07) is 0. The van der Waals surface area contributed by atoms with E-state index in [1.807, 2.05) is 41.5 Å². The van der Waals surface area contributed by atoms with Crippen LogP contribution < -0.4 is 0 Å². The quantitative estimate of drug-likeness (QED) is 0.492. The van der Waals surface area contributed by atoms with Gasteiger partial charge in [-0.3, -0.25) is 0 Å². The normalized spacial score (nSPS) is 12.9. The van der Waals surface area contributed by atoms with Crippen molar-refractivity contribution in [3.05, 3.63) is 0 Å².